The first-order valence-corrected chi connectivity index (χ1v) is 8.11. The summed E-state index contributed by atoms with van der Waals surface area (Å²) >= 11 is 0. The van der Waals surface area contributed by atoms with E-state index in [1.54, 1.807) is 24.3 Å². The summed E-state index contributed by atoms with van der Waals surface area (Å²) in [7, 11) is 0. The molecule has 1 aromatic heterocycles. The maximum absolute atomic E-state index is 12.2. The fourth-order valence-electron chi connectivity index (χ4n) is 2.44. The number of H-pyrrole nitrogens is 1. The van der Waals surface area contributed by atoms with Crippen LogP contribution in [0, 0.1) is 0 Å². The number of nitrogens with one attached hydrogen (secondary N) is 2. The number of aromatic amines is 1. The van der Waals surface area contributed by atoms with E-state index < -0.39 is 11.8 Å². The van der Waals surface area contributed by atoms with Gasteiger partial charge in [-0.2, -0.15) is 5.10 Å². The van der Waals surface area contributed by atoms with Crippen molar-refractivity contribution in [3.05, 3.63) is 40.3 Å². The van der Waals surface area contributed by atoms with Gasteiger partial charge in [0.2, 0.25) is 0 Å². The SMILES string of the molecule is CCCCN(CC)C(=O)C(=O)NCc1n[nH]c(=O)c2ccccc12. The van der Waals surface area contributed by atoms with E-state index in [1.165, 1.54) is 4.90 Å². The predicted molar refractivity (Wildman–Crippen MR) is 91.4 cm³/mol. The molecule has 0 atom stereocenters. The first-order valence-electron chi connectivity index (χ1n) is 8.11. The van der Waals surface area contributed by atoms with Crippen molar-refractivity contribution in [3.63, 3.8) is 0 Å². The van der Waals surface area contributed by atoms with Gasteiger partial charge in [-0.3, -0.25) is 14.4 Å². The molecule has 2 amide bonds. The van der Waals surface area contributed by atoms with Crippen LogP contribution >= 0.6 is 0 Å². The molecule has 2 rings (SSSR count). The maximum Gasteiger partial charge on any atom is 0.311 e. The van der Waals surface area contributed by atoms with E-state index in [9.17, 15) is 14.4 Å². The quantitative estimate of drug-likeness (QED) is 0.778. The number of carbonyl (C=O) groups excluding carboxylic acids is 2. The normalized spacial score (nSPS) is 10.6. The zero-order valence-corrected chi connectivity index (χ0v) is 14.0. The first kappa shape index (κ1) is 17.7. The molecule has 0 aliphatic carbocycles. The highest BCUT2D eigenvalue weighted by Crippen LogP contribution is 2.11. The standard InChI is InChI=1S/C17H22N4O3/c1-3-5-10-21(4-2)17(24)16(23)18-11-14-12-8-6-7-9-13(12)15(22)20-19-14/h6-9H,3-5,10-11H2,1-2H3,(H,18,23)(H,20,22). The topological polar surface area (TPSA) is 95.2 Å². The minimum absolute atomic E-state index is 0.0766. The number of likely N-dealkylation sites (N-methyl/N-ethyl adjacent to an activating group) is 1. The van der Waals surface area contributed by atoms with Gasteiger partial charge in [0, 0.05) is 18.5 Å². The molecule has 2 aromatic rings. The maximum atomic E-state index is 12.2. The fourth-order valence-corrected chi connectivity index (χ4v) is 2.44. The number of nitrogens with zero attached hydrogens (tertiary/aromatic N) is 2. The number of amides is 2. The van der Waals surface area contributed by atoms with Crippen LogP contribution in [0.5, 0.6) is 0 Å². The highest BCUT2D eigenvalue weighted by Gasteiger charge is 2.20. The molecular formula is C17H22N4O3. The molecule has 0 aliphatic heterocycles. The lowest BCUT2D eigenvalue weighted by molar-refractivity contribution is -0.145. The number of aromatic nitrogens is 2. The van der Waals surface area contributed by atoms with Crippen molar-refractivity contribution in [2.75, 3.05) is 13.1 Å². The van der Waals surface area contributed by atoms with Crippen LogP contribution in [0.1, 0.15) is 32.4 Å². The molecule has 0 saturated heterocycles. The second-order valence-corrected chi connectivity index (χ2v) is 5.47. The number of hydrogen-bond acceptors (Lipinski definition) is 4. The molecule has 1 aromatic carbocycles. The Morgan fingerprint density at radius 1 is 1.21 bits per heavy atom. The summed E-state index contributed by atoms with van der Waals surface area (Å²) in [5.74, 6) is -1.20. The molecule has 0 aliphatic rings. The number of fused-ring (bicyclic) bond motifs is 1. The van der Waals surface area contributed by atoms with Gasteiger partial charge < -0.3 is 10.2 Å². The Morgan fingerprint density at radius 3 is 2.58 bits per heavy atom. The second kappa shape index (κ2) is 8.24. The minimum atomic E-state index is -0.662. The lowest BCUT2D eigenvalue weighted by atomic mass is 10.1. The van der Waals surface area contributed by atoms with Gasteiger partial charge in [-0.15, -0.1) is 0 Å². The molecule has 0 unspecified atom stereocenters. The van der Waals surface area contributed by atoms with Gasteiger partial charge in [-0.05, 0) is 19.4 Å². The summed E-state index contributed by atoms with van der Waals surface area (Å²) < 4.78 is 0. The Morgan fingerprint density at radius 2 is 1.92 bits per heavy atom. The van der Waals surface area contributed by atoms with Crippen molar-refractivity contribution < 1.29 is 9.59 Å². The summed E-state index contributed by atoms with van der Waals surface area (Å²) in [6.07, 6.45) is 1.82. The van der Waals surface area contributed by atoms with Crippen molar-refractivity contribution in [1.82, 2.24) is 20.4 Å². The molecule has 128 valence electrons. The van der Waals surface area contributed by atoms with Crippen LogP contribution in [0.25, 0.3) is 10.8 Å². The van der Waals surface area contributed by atoms with Crippen LogP contribution in [-0.2, 0) is 16.1 Å². The van der Waals surface area contributed by atoms with Gasteiger partial charge in [0.25, 0.3) is 5.56 Å². The average Bonchev–Trinajstić information content (AvgIpc) is 2.61. The molecule has 0 fully saturated rings. The molecule has 7 nitrogen and oxygen atoms in total. The lowest BCUT2D eigenvalue weighted by Gasteiger charge is -2.19. The van der Waals surface area contributed by atoms with Crippen LogP contribution in [0.3, 0.4) is 0 Å². The van der Waals surface area contributed by atoms with Crippen molar-refractivity contribution in [1.29, 1.82) is 0 Å². The zero-order valence-electron chi connectivity index (χ0n) is 14.0. The Bertz CT molecular complexity index is 785. The number of carbonyl (C=O) groups is 2. The van der Waals surface area contributed by atoms with Crippen LogP contribution < -0.4 is 10.9 Å². The van der Waals surface area contributed by atoms with Gasteiger partial charge in [0.05, 0.1) is 17.6 Å². The zero-order chi connectivity index (χ0) is 17.5. The summed E-state index contributed by atoms with van der Waals surface area (Å²) in [5.41, 5.74) is 0.233. The molecular weight excluding hydrogens is 308 g/mol. The fraction of sp³-hybridized carbons (Fsp3) is 0.412. The monoisotopic (exact) mass is 330 g/mol. The Kier molecular flexibility index (Phi) is 6.06. The third-order valence-electron chi connectivity index (χ3n) is 3.84. The Hall–Kier alpha value is -2.70. The third-order valence-corrected chi connectivity index (χ3v) is 3.84. The summed E-state index contributed by atoms with van der Waals surface area (Å²) in [4.78, 5) is 37.5. The van der Waals surface area contributed by atoms with Crippen LogP contribution in [0.2, 0.25) is 0 Å². The molecule has 2 N–H and O–H groups in total. The van der Waals surface area contributed by atoms with E-state index in [2.05, 4.69) is 15.5 Å². The second-order valence-electron chi connectivity index (χ2n) is 5.47. The number of rotatable bonds is 6. The van der Waals surface area contributed by atoms with E-state index in [1.807, 2.05) is 13.8 Å². The molecule has 0 radical (unpaired) electrons. The average molecular weight is 330 g/mol. The summed E-state index contributed by atoms with van der Waals surface area (Å²) in [6.45, 7) is 5.02. The van der Waals surface area contributed by atoms with E-state index in [4.69, 9.17) is 0 Å². The van der Waals surface area contributed by atoms with Gasteiger partial charge in [0.1, 0.15) is 0 Å². The van der Waals surface area contributed by atoms with E-state index in [0.717, 1.165) is 12.8 Å². The largest absolute Gasteiger partial charge is 0.342 e. The van der Waals surface area contributed by atoms with Gasteiger partial charge in [-0.1, -0.05) is 31.5 Å². The van der Waals surface area contributed by atoms with Crippen molar-refractivity contribution >= 4 is 22.6 Å². The Labute approximate surface area is 140 Å². The minimum Gasteiger partial charge on any atom is -0.342 e. The van der Waals surface area contributed by atoms with Gasteiger partial charge in [0.15, 0.2) is 0 Å². The molecule has 0 saturated carbocycles. The lowest BCUT2D eigenvalue weighted by Crippen LogP contribution is -2.43. The highest BCUT2D eigenvalue weighted by molar-refractivity contribution is 6.34. The van der Waals surface area contributed by atoms with Crippen molar-refractivity contribution in [2.24, 2.45) is 0 Å². The molecule has 0 spiro atoms. The number of hydrogen-bond donors (Lipinski definition) is 2. The number of benzene rings is 1. The molecule has 0 bridgehead atoms. The highest BCUT2D eigenvalue weighted by atomic mass is 16.2. The van der Waals surface area contributed by atoms with Crippen LogP contribution in [0.4, 0.5) is 0 Å². The van der Waals surface area contributed by atoms with E-state index in [0.29, 0.717) is 29.6 Å². The molecule has 1 heterocycles. The third kappa shape index (κ3) is 3.98. The van der Waals surface area contributed by atoms with Crippen molar-refractivity contribution in [3.8, 4) is 0 Å². The van der Waals surface area contributed by atoms with E-state index >= 15 is 0 Å². The van der Waals surface area contributed by atoms with E-state index in [-0.39, 0.29) is 12.1 Å². The van der Waals surface area contributed by atoms with Gasteiger partial charge >= 0.3 is 11.8 Å². The molecule has 24 heavy (non-hydrogen) atoms. The number of unbranched alkanes of at least 4 members (excludes halogenated alkanes) is 1. The molecule has 7 heteroatoms. The predicted octanol–water partition coefficient (Wildman–Crippen LogP) is 1.19. The van der Waals surface area contributed by atoms with Crippen LogP contribution in [0.15, 0.2) is 29.1 Å². The smallest absolute Gasteiger partial charge is 0.311 e. The first-order chi connectivity index (χ1) is 11.6. The summed E-state index contributed by atoms with van der Waals surface area (Å²) in [5, 5.41) is 10.1. The van der Waals surface area contributed by atoms with Crippen LogP contribution in [-0.4, -0.2) is 40.0 Å². The Balaban J connectivity index is 2.08. The van der Waals surface area contributed by atoms with Crippen molar-refractivity contribution in [2.45, 2.75) is 33.2 Å². The summed E-state index contributed by atoms with van der Waals surface area (Å²) in [6, 6.07) is 7.01. The van der Waals surface area contributed by atoms with Gasteiger partial charge in [-0.25, -0.2) is 5.10 Å².